The van der Waals surface area contributed by atoms with E-state index in [0.29, 0.717) is 0 Å². The Hall–Kier alpha value is -1.43. The number of rotatable bonds is 6. The normalized spacial score (nSPS) is 18.0. The van der Waals surface area contributed by atoms with Gasteiger partial charge in [-0.3, -0.25) is 0 Å². The quantitative estimate of drug-likeness (QED) is 0.545. The van der Waals surface area contributed by atoms with Crippen molar-refractivity contribution in [1.82, 2.24) is 0 Å². The molecule has 4 rings (SSSR count). The predicted molar refractivity (Wildman–Crippen MR) is 126 cm³/mol. The molecule has 2 heteroatoms. The number of hydrogen-bond acceptors (Lipinski definition) is 0. The van der Waals surface area contributed by atoms with Gasteiger partial charge in [-0.05, 0) is 11.8 Å². The Morgan fingerprint density at radius 2 is 0.929 bits per heavy atom. The fraction of sp³-hybridized carbons (Fsp3) is 0.538. The molecule has 0 heterocycles. The smallest absolute Gasteiger partial charge is 0.0814 e. The maximum Gasteiger partial charge on any atom is 0.191 e. The van der Waals surface area contributed by atoms with E-state index in [-0.39, 0.29) is 0 Å². The van der Waals surface area contributed by atoms with Crippen LogP contribution in [0.25, 0.3) is 0 Å². The Balaban J connectivity index is 0.000000162. The van der Waals surface area contributed by atoms with E-state index < -0.39 is 0 Å². The minimum Gasteiger partial charge on any atom is -0.0814 e. The van der Waals surface area contributed by atoms with E-state index in [4.69, 9.17) is 0 Å². The summed E-state index contributed by atoms with van der Waals surface area (Å²) in [5.41, 5.74) is 2.49. The molecule has 0 saturated heterocycles. The van der Waals surface area contributed by atoms with E-state index >= 15 is 0 Å². The second kappa shape index (κ2) is 12.9. The third-order valence-electron chi connectivity index (χ3n) is 6.38. The van der Waals surface area contributed by atoms with Crippen LogP contribution >= 0.6 is 0 Å². The lowest BCUT2D eigenvalue weighted by molar-refractivity contribution is 0.373. The Morgan fingerprint density at radius 1 is 0.536 bits per heavy atom. The summed E-state index contributed by atoms with van der Waals surface area (Å²) in [6.07, 6.45) is 17.9. The van der Waals surface area contributed by atoms with Crippen molar-refractivity contribution in [1.29, 1.82) is 0 Å². The lowest BCUT2D eigenvalue weighted by Crippen LogP contribution is -2.26. The number of benzene rings is 2. The summed E-state index contributed by atoms with van der Waals surface area (Å²) in [5.74, 6) is 2.12. The lowest BCUT2D eigenvalue weighted by Gasteiger charge is -2.24. The van der Waals surface area contributed by atoms with Gasteiger partial charge >= 0.3 is 0 Å². The molecule has 2 aromatic rings. The third kappa shape index (κ3) is 8.29. The Morgan fingerprint density at radius 3 is 1.32 bits per heavy atom. The van der Waals surface area contributed by atoms with Gasteiger partial charge in [0.15, 0.2) is 7.28 Å². The zero-order valence-corrected chi connectivity index (χ0v) is 17.6. The highest BCUT2D eigenvalue weighted by molar-refractivity contribution is 6.67. The van der Waals surface area contributed by atoms with Crippen molar-refractivity contribution < 1.29 is 0 Å². The SMILES string of the molecule is [B](CC1CCCCC1)CC1CCCCC1.[B](c1ccccc1)c1ccccc1. The zero-order chi connectivity index (χ0) is 19.3. The molecule has 2 radical (unpaired) electrons. The molecular weight excluding hydrogens is 334 g/mol. The molecule has 2 saturated carbocycles. The van der Waals surface area contributed by atoms with Crippen molar-refractivity contribution in [2.45, 2.75) is 76.8 Å². The van der Waals surface area contributed by atoms with Crippen LogP contribution in [0, 0.1) is 11.8 Å². The van der Waals surface area contributed by atoms with Gasteiger partial charge in [-0.15, -0.1) is 0 Å². The summed E-state index contributed by atoms with van der Waals surface area (Å²) in [6, 6.07) is 20.7. The van der Waals surface area contributed by atoms with Gasteiger partial charge in [-0.25, -0.2) is 0 Å². The van der Waals surface area contributed by atoms with Crippen LogP contribution in [0.5, 0.6) is 0 Å². The molecule has 0 nitrogen and oxygen atoms in total. The van der Waals surface area contributed by atoms with E-state index in [0.717, 1.165) is 11.8 Å². The van der Waals surface area contributed by atoms with Crippen molar-refractivity contribution in [3.05, 3.63) is 60.7 Å². The first-order valence-corrected chi connectivity index (χ1v) is 11.7. The first-order valence-electron chi connectivity index (χ1n) is 11.7. The molecule has 2 aliphatic carbocycles. The van der Waals surface area contributed by atoms with Crippen LogP contribution in [-0.4, -0.2) is 14.6 Å². The van der Waals surface area contributed by atoms with Crippen LogP contribution in [0.2, 0.25) is 12.6 Å². The maximum absolute atomic E-state index is 2.63. The molecule has 0 atom stereocenters. The maximum atomic E-state index is 2.63. The Kier molecular flexibility index (Phi) is 9.82. The van der Waals surface area contributed by atoms with Crippen molar-refractivity contribution in [3.63, 3.8) is 0 Å². The monoisotopic (exact) mass is 370 g/mol. The van der Waals surface area contributed by atoms with Gasteiger partial charge in [0, 0.05) is 0 Å². The van der Waals surface area contributed by atoms with Crippen LogP contribution in [0.4, 0.5) is 0 Å². The molecule has 0 unspecified atom stereocenters. The van der Waals surface area contributed by atoms with E-state index in [1.165, 1.54) is 87.8 Å². The molecule has 28 heavy (non-hydrogen) atoms. The first-order chi connectivity index (χ1) is 13.9. The van der Waals surface area contributed by atoms with E-state index in [1.54, 1.807) is 0 Å². The minimum atomic E-state index is 1.06. The Bertz CT molecular complexity index is 558. The lowest BCUT2D eigenvalue weighted by atomic mass is 9.60. The highest BCUT2D eigenvalue weighted by Crippen LogP contribution is 2.30. The van der Waals surface area contributed by atoms with Crippen LogP contribution in [0.15, 0.2) is 60.7 Å². The summed E-state index contributed by atoms with van der Waals surface area (Å²) in [7, 11) is 4.80. The summed E-state index contributed by atoms with van der Waals surface area (Å²) in [6.45, 7) is 0. The summed E-state index contributed by atoms with van der Waals surface area (Å²) in [5, 5.41) is 0. The largest absolute Gasteiger partial charge is 0.191 e. The van der Waals surface area contributed by atoms with Gasteiger partial charge in [-0.1, -0.05) is 148 Å². The molecule has 0 aromatic heterocycles. The second-order valence-corrected chi connectivity index (χ2v) is 8.73. The fourth-order valence-electron chi connectivity index (χ4n) is 4.70. The standard InChI is InChI=1S/C14H26B.C12H10B/c1-3-7-13(8-4-1)11-15-12-14-9-5-2-6-10-14;1-3-7-11(8-4-1)13-12-9-5-2-6-10-12/h13-14H,1-12H2;1-10H. The van der Waals surface area contributed by atoms with Crippen LogP contribution in [0.3, 0.4) is 0 Å². The predicted octanol–water partition coefficient (Wildman–Crippen LogP) is 6.03. The summed E-state index contributed by atoms with van der Waals surface area (Å²) in [4.78, 5) is 0. The highest BCUT2D eigenvalue weighted by Gasteiger charge is 2.16. The minimum absolute atomic E-state index is 1.06. The molecule has 2 aromatic carbocycles. The molecule has 0 aliphatic heterocycles. The van der Waals surface area contributed by atoms with Crippen LogP contribution < -0.4 is 10.9 Å². The molecular formula is C26H36B2. The third-order valence-corrected chi connectivity index (χ3v) is 6.38. The van der Waals surface area contributed by atoms with E-state index in [1.807, 2.05) is 12.1 Å². The van der Waals surface area contributed by atoms with Crippen molar-refractivity contribution >= 4 is 25.5 Å². The Labute approximate surface area is 175 Å². The van der Waals surface area contributed by atoms with Gasteiger partial charge in [0.1, 0.15) is 7.28 Å². The molecule has 2 fully saturated rings. The highest BCUT2D eigenvalue weighted by atomic mass is 14.2. The second-order valence-electron chi connectivity index (χ2n) is 8.73. The molecule has 0 amide bonds. The zero-order valence-electron chi connectivity index (χ0n) is 17.6. The van der Waals surface area contributed by atoms with E-state index in [2.05, 4.69) is 63.1 Å². The van der Waals surface area contributed by atoms with Crippen molar-refractivity contribution in [2.75, 3.05) is 0 Å². The first kappa shape index (κ1) is 21.3. The molecule has 0 spiro atoms. The summed E-state index contributed by atoms with van der Waals surface area (Å²) < 4.78 is 0. The van der Waals surface area contributed by atoms with Gasteiger partial charge in [-0.2, -0.15) is 0 Å². The van der Waals surface area contributed by atoms with E-state index in [9.17, 15) is 0 Å². The summed E-state index contributed by atoms with van der Waals surface area (Å²) >= 11 is 0. The van der Waals surface area contributed by atoms with Gasteiger partial charge < -0.3 is 0 Å². The molecule has 146 valence electrons. The van der Waals surface area contributed by atoms with Gasteiger partial charge in [0.25, 0.3) is 0 Å². The average Bonchev–Trinajstić information content (AvgIpc) is 2.77. The fourth-order valence-corrected chi connectivity index (χ4v) is 4.70. The molecule has 2 aliphatic rings. The van der Waals surface area contributed by atoms with Gasteiger partial charge in [0.05, 0.1) is 0 Å². The number of hydrogen-bond donors (Lipinski definition) is 0. The molecule has 0 N–H and O–H groups in total. The van der Waals surface area contributed by atoms with Crippen molar-refractivity contribution in [2.24, 2.45) is 11.8 Å². The molecule has 0 bridgehead atoms. The topological polar surface area (TPSA) is 0 Å². The average molecular weight is 370 g/mol. The van der Waals surface area contributed by atoms with Crippen LogP contribution in [-0.2, 0) is 0 Å². The van der Waals surface area contributed by atoms with Gasteiger partial charge in [0.2, 0.25) is 0 Å². The van der Waals surface area contributed by atoms with Crippen molar-refractivity contribution in [3.8, 4) is 0 Å². The van der Waals surface area contributed by atoms with Crippen LogP contribution in [0.1, 0.15) is 64.2 Å².